The Kier molecular flexibility index (Phi) is 9.47. The molecule has 0 bridgehead atoms. The molecule has 12 nitrogen and oxygen atoms in total. The van der Waals surface area contributed by atoms with Crippen molar-refractivity contribution in [3.63, 3.8) is 0 Å². The van der Waals surface area contributed by atoms with Crippen LogP contribution in [0.3, 0.4) is 0 Å². The normalized spacial score (nSPS) is 14.0. The summed E-state index contributed by atoms with van der Waals surface area (Å²) >= 11 is 2.64. The molecule has 0 spiro atoms. The Labute approximate surface area is 274 Å². The van der Waals surface area contributed by atoms with Crippen LogP contribution < -0.4 is 10.6 Å². The van der Waals surface area contributed by atoms with Gasteiger partial charge in [-0.2, -0.15) is 4.31 Å². The van der Waals surface area contributed by atoms with E-state index in [4.69, 9.17) is 4.74 Å². The fraction of sp³-hybridized carbons (Fsp3) is 0.258. The van der Waals surface area contributed by atoms with Crippen LogP contribution >= 0.6 is 23.1 Å². The van der Waals surface area contributed by atoms with Crippen molar-refractivity contribution in [3.05, 3.63) is 89.2 Å². The molecule has 0 aliphatic carbocycles. The molecule has 1 aliphatic rings. The van der Waals surface area contributed by atoms with Gasteiger partial charge in [-0.25, -0.2) is 13.4 Å². The molecule has 15 heteroatoms. The van der Waals surface area contributed by atoms with E-state index in [2.05, 4.69) is 25.8 Å². The third-order valence-corrected chi connectivity index (χ3v) is 11.3. The minimum atomic E-state index is -3.67. The van der Waals surface area contributed by atoms with Crippen molar-refractivity contribution in [1.82, 2.24) is 29.4 Å². The molecule has 0 radical (unpaired) electrons. The van der Waals surface area contributed by atoms with E-state index < -0.39 is 15.9 Å². The number of anilines is 1. The van der Waals surface area contributed by atoms with E-state index in [-0.39, 0.29) is 23.1 Å². The number of carbonyl (C=O) groups is 2. The van der Waals surface area contributed by atoms with Gasteiger partial charge >= 0.3 is 0 Å². The fourth-order valence-electron chi connectivity index (χ4n) is 4.91. The minimum Gasteiger partial charge on any atom is -0.379 e. The number of benzene rings is 3. The average Bonchev–Trinajstić information content (AvgIpc) is 3.67. The lowest BCUT2D eigenvalue weighted by Gasteiger charge is -2.26. The molecule has 5 aromatic rings. The van der Waals surface area contributed by atoms with Crippen molar-refractivity contribution < 1.29 is 22.7 Å². The summed E-state index contributed by atoms with van der Waals surface area (Å²) in [6, 6.07) is 19.4. The highest BCUT2D eigenvalue weighted by Crippen LogP contribution is 2.28. The fourth-order valence-corrected chi connectivity index (χ4v) is 7.97. The van der Waals surface area contributed by atoms with Gasteiger partial charge in [0, 0.05) is 18.7 Å². The summed E-state index contributed by atoms with van der Waals surface area (Å²) in [4.78, 5) is 30.6. The standard InChI is InChI=1S/C31H31N7O5S3/c1-20-6-5-8-25(21(20)2)38-27(35-36-31(38)44-19-28(39)34-30-33-24-7-3-4-9-26(24)45-30)18-32-29(40)22-10-12-23(13-11-22)46(41,42)37-14-16-43-17-15-37/h3-13H,14-19H2,1-2H3,(H,32,40)(H,33,34,39). The van der Waals surface area contributed by atoms with E-state index in [1.54, 1.807) is 0 Å². The number of morpholine rings is 1. The van der Waals surface area contributed by atoms with Crippen molar-refractivity contribution in [2.75, 3.05) is 37.4 Å². The van der Waals surface area contributed by atoms with Crippen LogP contribution in [0.4, 0.5) is 5.13 Å². The number of rotatable bonds is 10. The van der Waals surface area contributed by atoms with Gasteiger partial charge in [-0.3, -0.25) is 14.2 Å². The molecule has 1 saturated heterocycles. The quantitative estimate of drug-likeness (QED) is 0.208. The Balaban J connectivity index is 1.16. The maximum atomic E-state index is 13.1. The highest BCUT2D eigenvalue weighted by molar-refractivity contribution is 7.99. The number of hydrogen-bond donors (Lipinski definition) is 2. The van der Waals surface area contributed by atoms with Crippen LogP contribution in [0.1, 0.15) is 27.3 Å². The zero-order valence-corrected chi connectivity index (χ0v) is 27.5. The molecule has 0 unspecified atom stereocenters. The number of fused-ring (bicyclic) bond motifs is 1. The second-order valence-electron chi connectivity index (χ2n) is 10.5. The first-order chi connectivity index (χ1) is 22.2. The number of hydrogen-bond acceptors (Lipinski definition) is 10. The van der Waals surface area contributed by atoms with Crippen LogP contribution in [-0.4, -0.2) is 76.3 Å². The zero-order chi connectivity index (χ0) is 32.3. The van der Waals surface area contributed by atoms with Gasteiger partial charge < -0.3 is 15.4 Å². The predicted octanol–water partition coefficient (Wildman–Crippen LogP) is 4.18. The number of thioether (sulfide) groups is 1. The Hall–Kier alpha value is -4.15. The second-order valence-corrected chi connectivity index (χ2v) is 14.4. The molecular weight excluding hydrogens is 647 g/mol. The molecule has 1 fully saturated rings. The summed E-state index contributed by atoms with van der Waals surface area (Å²) in [5.74, 6) is -0.0725. The molecular formula is C31H31N7O5S3. The lowest BCUT2D eigenvalue weighted by Crippen LogP contribution is -2.40. The summed E-state index contributed by atoms with van der Waals surface area (Å²) < 4.78 is 35.4. The van der Waals surface area contributed by atoms with Crippen LogP contribution in [0, 0.1) is 13.8 Å². The van der Waals surface area contributed by atoms with Crippen molar-refractivity contribution in [1.29, 1.82) is 0 Å². The maximum absolute atomic E-state index is 13.1. The smallest absolute Gasteiger partial charge is 0.251 e. The van der Waals surface area contributed by atoms with Crippen molar-refractivity contribution in [2.45, 2.75) is 30.4 Å². The number of nitrogens with zero attached hydrogens (tertiary/aromatic N) is 5. The number of aryl methyl sites for hydroxylation is 1. The number of aromatic nitrogens is 4. The average molecular weight is 678 g/mol. The van der Waals surface area contributed by atoms with Gasteiger partial charge in [-0.05, 0) is 67.4 Å². The van der Waals surface area contributed by atoms with E-state index in [0.717, 1.165) is 27.0 Å². The van der Waals surface area contributed by atoms with Gasteiger partial charge in [0.15, 0.2) is 16.1 Å². The third-order valence-electron chi connectivity index (χ3n) is 7.52. The molecule has 2 N–H and O–H groups in total. The SMILES string of the molecule is Cc1cccc(-n2c(CNC(=O)c3ccc(S(=O)(=O)N4CCOCC4)cc3)nnc2SCC(=O)Nc2nc3ccccc3s2)c1C. The van der Waals surface area contributed by atoms with E-state index in [0.29, 0.717) is 48.0 Å². The summed E-state index contributed by atoms with van der Waals surface area (Å²) in [6.07, 6.45) is 0. The van der Waals surface area contributed by atoms with Crippen molar-refractivity contribution in [2.24, 2.45) is 0 Å². The van der Waals surface area contributed by atoms with E-state index >= 15 is 0 Å². The third kappa shape index (κ3) is 6.83. The van der Waals surface area contributed by atoms with E-state index in [1.165, 1.54) is 51.7 Å². The van der Waals surface area contributed by atoms with Crippen LogP contribution in [0.25, 0.3) is 15.9 Å². The van der Waals surface area contributed by atoms with Crippen LogP contribution in [0.2, 0.25) is 0 Å². The molecule has 6 rings (SSSR count). The van der Waals surface area contributed by atoms with Gasteiger partial charge in [0.25, 0.3) is 5.91 Å². The van der Waals surface area contributed by atoms with Gasteiger partial charge in [0.1, 0.15) is 0 Å². The molecule has 2 amide bonds. The summed E-state index contributed by atoms with van der Waals surface area (Å²) in [5.41, 5.74) is 4.04. The van der Waals surface area contributed by atoms with Crippen LogP contribution in [0.5, 0.6) is 0 Å². The summed E-state index contributed by atoms with van der Waals surface area (Å²) in [5, 5.41) is 15.5. The molecule has 0 atom stereocenters. The van der Waals surface area contributed by atoms with Crippen molar-refractivity contribution >= 4 is 60.3 Å². The number of para-hydroxylation sites is 1. The maximum Gasteiger partial charge on any atom is 0.251 e. The van der Waals surface area contributed by atoms with Gasteiger partial charge in [-0.1, -0.05) is 47.4 Å². The first-order valence-corrected chi connectivity index (χ1v) is 17.7. The van der Waals surface area contributed by atoms with Gasteiger partial charge in [0.2, 0.25) is 15.9 Å². The molecule has 0 saturated carbocycles. The Bertz CT molecular complexity index is 1970. The van der Waals surface area contributed by atoms with E-state index in [9.17, 15) is 18.0 Å². The van der Waals surface area contributed by atoms with Gasteiger partial charge in [-0.15, -0.1) is 10.2 Å². The number of nitrogens with one attached hydrogen (secondary N) is 2. The Morgan fingerprint density at radius 1 is 0.978 bits per heavy atom. The number of sulfonamides is 1. The summed E-state index contributed by atoms with van der Waals surface area (Å²) in [6.45, 7) is 5.33. The van der Waals surface area contributed by atoms with E-state index in [1.807, 2.05) is 60.9 Å². The molecule has 3 heterocycles. The first kappa shape index (κ1) is 31.8. The minimum absolute atomic E-state index is 0.0471. The van der Waals surface area contributed by atoms with Crippen LogP contribution in [0.15, 0.2) is 76.8 Å². The highest BCUT2D eigenvalue weighted by Gasteiger charge is 2.26. The first-order valence-electron chi connectivity index (χ1n) is 14.5. The number of amides is 2. The monoisotopic (exact) mass is 677 g/mol. The molecule has 1 aliphatic heterocycles. The molecule has 46 heavy (non-hydrogen) atoms. The topological polar surface area (TPSA) is 148 Å². The number of carbonyl (C=O) groups excluding carboxylic acids is 2. The number of ether oxygens (including phenoxy) is 1. The van der Waals surface area contributed by atoms with Crippen LogP contribution in [-0.2, 0) is 26.1 Å². The lowest BCUT2D eigenvalue weighted by molar-refractivity contribution is -0.113. The summed E-state index contributed by atoms with van der Waals surface area (Å²) in [7, 11) is -3.67. The molecule has 2 aromatic heterocycles. The van der Waals surface area contributed by atoms with Crippen molar-refractivity contribution in [3.8, 4) is 5.69 Å². The molecule has 3 aromatic carbocycles. The zero-order valence-electron chi connectivity index (χ0n) is 25.1. The molecule has 238 valence electrons. The second kappa shape index (κ2) is 13.7. The van der Waals surface area contributed by atoms with Gasteiger partial charge in [0.05, 0.1) is 46.3 Å². The predicted molar refractivity (Wildman–Crippen MR) is 177 cm³/mol. The largest absolute Gasteiger partial charge is 0.379 e. The Morgan fingerprint density at radius 3 is 2.50 bits per heavy atom. The Morgan fingerprint density at radius 2 is 1.74 bits per heavy atom. The number of thiazole rings is 1. The lowest BCUT2D eigenvalue weighted by atomic mass is 10.1. The highest BCUT2D eigenvalue weighted by atomic mass is 32.2.